The molecule has 0 aliphatic carbocycles. The average molecular weight is 329 g/mol. The maximum Gasteiger partial charge on any atom is 0.338 e. The molecule has 0 N–H and O–H groups in total. The van der Waals surface area contributed by atoms with E-state index in [-0.39, 0.29) is 16.2 Å². The number of carbonyl (C=O) groups excluding carboxylic acids is 1. The van der Waals surface area contributed by atoms with Crippen molar-refractivity contribution in [2.45, 2.75) is 32.2 Å². The first-order valence-corrected chi connectivity index (χ1v) is 8.28. The molecule has 2 aliphatic rings. The summed E-state index contributed by atoms with van der Waals surface area (Å²) < 4.78 is 6.92. The van der Waals surface area contributed by atoms with Crippen LogP contribution in [0.15, 0.2) is 12.1 Å². The normalized spacial score (nSPS) is 16.6. The predicted molar refractivity (Wildman–Crippen MR) is 89.7 cm³/mol. The van der Waals surface area contributed by atoms with Gasteiger partial charge in [0.25, 0.3) is 5.69 Å². The number of nitrogens with zero attached hydrogens (tertiary/aromatic N) is 3. The number of benzene rings is 1. The Kier molecular flexibility index (Phi) is 3.44. The van der Waals surface area contributed by atoms with Crippen LogP contribution in [0.25, 0.3) is 10.9 Å². The van der Waals surface area contributed by atoms with Crippen molar-refractivity contribution in [3.63, 3.8) is 0 Å². The molecule has 1 aromatic heterocycles. The molecule has 0 saturated heterocycles. The molecule has 126 valence electrons. The van der Waals surface area contributed by atoms with Gasteiger partial charge in [-0.25, -0.2) is 4.79 Å². The van der Waals surface area contributed by atoms with Crippen LogP contribution < -0.4 is 4.90 Å². The van der Waals surface area contributed by atoms with Gasteiger partial charge in [0.05, 0.1) is 28.5 Å². The van der Waals surface area contributed by atoms with Crippen LogP contribution in [0.2, 0.25) is 0 Å². The molecular formula is C17H19N3O4. The van der Waals surface area contributed by atoms with Gasteiger partial charge < -0.3 is 14.2 Å². The SMILES string of the molecule is COC(=O)c1cc([N+](=O)[O-])c2c3c4n(c2c1)CCCN4CCCC3. The topological polar surface area (TPSA) is 77.6 Å². The highest BCUT2D eigenvalue weighted by Gasteiger charge is 2.31. The number of hydrogen-bond donors (Lipinski definition) is 0. The van der Waals surface area contributed by atoms with E-state index in [1.807, 2.05) is 0 Å². The number of non-ortho nitro benzene ring substituents is 1. The second-order valence-corrected chi connectivity index (χ2v) is 6.39. The lowest BCUT2D eigenvalue weighted by Gasteiger charge is -2.30. The molecule has 2 aromatic rings. The Hall–Kier alpha value is -2.57. The van der Waals surface area contributed by atoms with E-state index in [4.69, 9.17) is 4.74 Å². The van der Waals surface area contributed by atoms with Crippen LogP contribution >= 0.6 is 0 Å². The third-order valence-corrected chi connectivity index (χ3v) is 5.05. The largest absolute Gasteiger partial charge is 0.465 e. The van der Waals surface area contributed by atoms with Crippen LogP contribution in [0.3, 0.4) is 0 Å². The molecule has 0 atom stereocenters. The summed E-state index contributed by atoms with van der Waals surface area (Å²) in [4.78, 5) is 25.6. The Balaban J connectivity index is 2.08. The van der Waals surface area contributed by atoms with E-state index >= 15 is 0 Å². The highest BCUT2D eigenvalue weighted by molar-refractivity contribution is 6.03. The van der Waals surface area contributed by atoms with Crippen LogP contribution in [0.5, 0.6) is 0 Å². The van der Waals surface area contributed by atoms with E-state index in [2.05, 4.69) is 9.47 Å². The Morgan fingerprint density at radius 1 is 1.21 bits per heavy atom. The van der Waals surface area contributed by atoms with Gasteiger partial charge in [0.15, 0.2) is 0 Å². The molecule has 24 heavy (non-hydrogen) atoms. The van der Waals surface area contributed by atoms with Gasteiger partial charge in [0.2, 0.25) is 0 Å². The highest BCUT2D eigenvalue weighted by Crippen LogP contribution is 2.42. The number of hydrogen-bond acceptors (Lipinski definition) is 5. The number of ether oxygens (including phenoxy) is 1. The molecule has 7 nitrogen and oxygen atoms in total. The van der Waals surface area contributed by atoms with Crippen molar-refractivity contribution in [2.75, 3.05) is 25.1 Å². The standard InChI is InChI=1S/C17H19N3O4/c1-24-17(21)11-9-13-15(14(10-11)20(22)23)12-5-2-3-6-18-7-4-8-19(13)16(12)18/h9-10H,2-8H2,1H3. The fraction of sp³-hybridized carbons (Fsp3) is 0.471. The van der Waals surface area contributed by atoms with Crippen LogP contribution in [0.4, 0.5) is 11.5 Å². The monoisotopic (exact) mass is 329 g/mol. The van der Waals surface area contributed by atoms with E-state index in [0.29, 0.717) is 5.39 Å². The van der Waals surface area contributed by atoms with Gasteiger partial charge in [0.1, 0.15) is 5.82 Å². The number of nitro groups is 1. The van der Waals surface area contributed by atoms with E-state index in [1.54, 1.807) is 6.07 Å². The van der Waals surface area contributed by atoms with E-state index in [9.17, 15) is 14.9 Å². The number of rotatable bonds is 2. The van der Waals surface area contributed by atoms with Gasteiger partial charge in [-0.05, 0) is 31.7 Å². The Labute approximate surface area is 138 Å². The minimum Gasteiger partial charge on any atom is -0.465 e. The number of anilines is 1. The summed E-state index contributed by atoms with van der Waals surface area (Å²) >= 11 is 0. The number of methoxy groups -OCH3 is 1. The van der Waals surface area contributed by atoms with Crippen molar-refractivity contribution in [1.82, 2.24) is 4.57 Å². The molecule has 0 saturated carbocycles. The molecule has 0 spiro atoms. The minimum absolute atomic E-state index is 0.00616. The van der Waals surface area contributed by atoms with Crippen LogP contribution in [0, 0.1) is 10.1 Å². The highest BCUT2D eigenvalue weighted by atomic mass is 16.6. The quantitative estimate of drug-likeness (QED) is 0.481. The van der Waals surface area contributed by atoms with Crippen molar-refractivity contribution in [1.29, 1.82) is 0 Å². The van der Waals surface area contributed by atoms with Gasteiger partial charge in [-0.1, -0.05) is 0 Å². The maximum atomic E-state index is 11.9. The first kappa shape index (κ1) is 15.0. The van der Waals surface area contributed by atoms with Crippen molar-refractivity contribution >= 4 is 28.4 Å². The third-order valence-electron chi connectivity index (χ3n) is 5.05. The molecule has 1 aromatic carbocycles. The Morgan fingerprint density at radius 3 is 2.75 bits per heavy atom. The molecule has 2 aliphatic heterocycles. The smallest absolute Gasteiger partial charge is 0.338 e. The summed E-state index contributed by atoms with van der Waals surface area (Å²) in [5.74, 6) is 0.565. The van der Waals surface area contributed by atoms with Crippen LogP contribution in [-0.2, 0) is 17.7 Å². The fourth-order valence-corrected chi connectivity index (χ4v) is 4.07. The second-order valence-electron chi connectivity index (χ2n) is 6.39. The predicted octanol–water partition coefficient (Wildman–Crippen LogP) is 2.88. The molecular weight excluding hydrogens is 310 g/mol. The molecule has 0 bridgehead atoms. The number of aryl methyl sites for hydroxylation is 2. The lowest BCUT2D eigenvalue weighted by Crippen LogP contribution is -2.32. The summed E-state index contributed by atoms with van der Waals surface area (Å²) in [7, 11) is 1.29. The number of carbonyl (C=O) groups is 1. The Bertz CT molecular complexity index is 855. The lowest BCUT2D eigenvalue weighted by atomic mass is 10.0. The zero-order valence-corrected chi connectivity index (χ0v) is 13.6. The van der Waals surface area contributed by atoms with Gasteiger partial charge in [-0.2, -0.15) is 0 Å². The first-order chi connectivity index (χ1) is 11.6. The molecule has 4 rings (SSSR count). The molecule has 3 heterocycles. The number of aromatic nitrogens is 1. The summed E-state index contributed by atoms with van der Waals surface area (Å²) in [5, 5.41) is 12.4. The zero-order chi connectivity index (χ0) is 16.8. The van der Waals surface area contributed by atoms with Gasteiger partial charge in [0, 0.05) is 31.3 Å². The number of nitro benzene ring substituents is 1. The van der Waals surface area contributed by atoms with E-state index in [0.717, 1.165) is 62.2 Å². The summed E-state index contributed by atoms with van der Waals surface area (Å²) in [6, 6.07) is 3.10. The maximum absolute atomic E-state index is 11.9. The van der Waals surface area contributed by atoms with Gasteiger partial charge >= 0.3 is 5.97 Å². The van der Waals surface area contributed by atoms with E-state index < -0.39 is 5.97 Å². The molecule has 0 amide bonds. The number of fused-ring (bicyclic) bond motifs is 3. The van der Waals surface area contributed by atoms with Crippen molar-refractivity contribution < 1.29 is 14.5 Å². The molecule has 0 fully saturated rings. The van der Waals surface area contributed by atoms with Crippen molar-refractivity contribution in [3.8, 4) is 0 Å². The van der Waals surface area contributed by atoms with Crippen LogP contribution in [0.1, 0.15) is 35.2 Å². The average Bonchev–Trinajstić information content (AvgIpc) is 2.76. The Morgan fingerprint density at radius 2 is 2.00 bits per heavy atom. The molecule has 0 radical (unpaired) electrons. The third kappa shape index (κ3) is 2.07. The molecule has 0 unspecified atom stereocenters. The van der Waals surface area contributed by atoms with Crippen molar-refractivity contribution in [2.24, 2.45) is 0 Å². The lowest BCUT2D eigenvalue weighted by molar-refractivity contribution is -0.383. The zero-order valence-electron chi connectivity index (χ0n) is 13.6. The van der Waals surface area contributed by atoms with Gasteiger partial charge in [-0.3, -0.25) is 10.1 Å². The van der Waals surface area contributed by atoms with E-state index in [1.165, 1.54) is 13.2 Å². The summed E-state index contributed by atoms with van der Waals surface area (Å²) in [5.41, 5.74) is 2.08. The second kappa shape index (κ2) is 5.51. The fourth-order valence-electron chi connectivity index (χ4n) is 4.07. The summed E-state index contributed by atoms with van der Waals surface area (Å²) in [6.45, 7) is 2.80. The molecule has 7 heteroatoms. The minimum atomic E-state index is -0.545. The van der Waals surface area contributed by atoms with Crippen LogP contribution in [-0.4, -0.2) is 35.7 Å². The number of esters is 1. The first-order valence-electron chi connectivity index (χ1n) is 8.28. The summed E-state index contributed by atoms with van der Waals surface area (Å²) in [6.07, 6.45) is 3.98. The van der Waals surface area contributed by atoms with Gasteiger partial charge in [-0.15, -0.1) is 0 Å². The van der Waals surface area contributed by atoms with Crippen molar-refractivity contribution in [3.05, 3.63) is 33.4 Å².